The molecule has 0 bridgehead atoms. The summed E-state index contributed by atoms with van der Waals surface area (Å²) in [6.07, 6.45) is 8.33. The molecule has 0 radical (unpaired) electrons. The molecule has 4 aromatic rings. The minimum absolute atomic E-state index is 0.121. The van der Waals surface area contributed by atoms with E-state index in [9.17, 15) is 9.59 Å². The number of hydrogen-bond acceptors (Lipinski definition) is 6. The molecular formula is C38H36N2O5S. The van der Waals surface area contributed by atoms with Gasteiger partial charge in [-0.2, -0.15) is 5.06 Å². The number of cyclic esters (lactones) is 1. The fraction of sp³-hybridized carbons (Fsp3) is 0.316. The maximum absolute atomic E-state index is 13.5. The fourth-order valence-electron chi connectivity index (χ4n) is 7.08. The highest BCUT2D eigenvalue weighted by atomic mass is 32.1. The third kappa shape index (κ3) is 5.66. The Labute approximate surface area is 273 Å². The van der Waals surface area contributed by atoms with Crippen LogP contribution in [0.2, 0.25) is 0 Å². The summed E-state index contributed by atoms with van der Waals surface area (Å²) in [6, 6.07) is 25.7. The molecule has 1 aromatic heterocycles. The minimum atomic E-state index is -0.512. The van der Waals surface area contributed by atoms with Gasteiger partial charge in [-0.15, -0.1) is 11.3 Å². The van der Waals surface area contributed by atoms with Crippen LogP contribution in [0.5, 0.6) is 0 Å². The highest BCUT2D eigenvalue weighted by Crippen LogP contribution is 2.42. The van der Waals surface area contributed by atoms with E-state index < -0.39 is 12.4 Å². The summed E-state index contributed by atoms with van der Waals surface area (Å²) in [7, 11) is 0. The van der Waals surface area contributed by atoms with Crippen molar-refractivity contribution < 1.29 is 23.9 Å². The Balaban J connectivity index is 1.05. The number of hydrogen-bond donors (Lipinski definition) is 0. The number of hydroxylamine groups is 1. The summed E-state index contributed by atoms with van der Waals surface area (Å²) in [4.78, 5) is 35.5. The Morgan fingerprint density at radius 3 is 2.65 bits per heavy atom. The van der Waals surface area contributed by atoms with Gasteiger partial charge in [-0.25, -0.2) is 9.63 Å². The van der Waals surface area contributed by atoms with Crippen molar-refractivity contribution in [3.63, 3.8) is 0 Å². The fourth-order valence-corrected chi connectivity index (χ4v) is 8.12. The second kappa shape index (κ2) is 12.5. The van der Waals surface area contributed by atoms with E-state index in [4.69, 9.17) is 14.3 Å². The van der Waals surface area contributed by atoms with Gasteiger partial charge in [-0.3, -0.25) is 9.69 Å². The molecule has 3 heterocycles. The lowest BCUT2D eigenvalue weighted by Crippen LogP contribution is -2.43. The predicted molar refractivity (Wildman–Crippen MR) is 180 cm³/mol. The number of amides is 2. The Bertz CT molecular complexity index is 1840. The molecular weight excluding hydrogens is 596 g/mol. The van der Waals surface area contributed by atoms with Crippen molar-refractivity contribution in [2.45, 2.75) is 51.2 Å². The first-order valence-corrected chi connectivity index (χ1v) is 17.1. The van der Waals surface area contributed by atoms with Crippen LogP contribution >= 0.6 is 11.3 Å². The van der Waals surface area contributed by atoms with Crippen molar-refractivity contribution in [1.29, 1.82) is 0 Å². The van der Waals surface area contributed by atoms with Gasteiger partial charge < -0.3 is 9.47 Å². The van der Waals surface area contributed by atoms with Crippen molar-refractivity contribution in [3.8, 4) is 21.6 Å². The molecule has 2 aliphatic heterocycles. The van der Waals surface area contributed by atoms with Crippen molar-refractivity contribution in [2.24, 2.45) is 0 Å². The van der Waals surface area contributed by atoms with Crippen molar-refractivity contribution >= 4 is 40.7 Å². The number of allylic oxidation sites excluding steroid dienone is 1. The Morgan fingerprint density at radius 1 is 0.891 bits per heavy atom. The van der Waals surface area contributed by atoms with Gasteiger partial charge in [-0.1, -0.05) is 54.6 Å². The number of anilines is 1. The van der Waals surface area contributed by atoms with Crippen LogP contribution in [0, 0.1) is 0 Å². The van der Waals surface area contributed by atoms with E-state index in [2.05, 4.69) is 60.7 Å². The van der Waals surface area contributed by atoms with Crippen LogP contribution in [-0.4, -0.2) is 49.5 Å². The van der Waals surface area contributed by atoms with E-state index in [1.165, 1.54) is 53.8 Å². The molecule has 4 aliphatic rings. The van der Waals surface area contributed by atoms with Gasteiger partial charge in [0.1, 0.15) is 13.2 Å². The standard InChI is InChI=1S/C38H36N2O5S/c41-36(24-39-19-21-44-38(39)42)40(45-37-10-3-4-20-43-37)29-8-5-7-27(23-29)34-17-18-35(46-34)28-13-14-31-26(22-28)12-16-32-30-9-2-1-6-25(30)11-15-33(31)32/h1-2,5-9,12,16-18,22-23,37H,3-4,10-11,13-15,19-21,24H2. The SMILES string of the molecule is O=C1OCCN1CC(=O)N(OC1CCCCO1)c1cccc(-c2ccc(C3=Cc4ccc5c(c4CC3)CCc3ccccc3-5)s2)c1. The number of ether oxygens (including phenoxy) is 2. The summed E-state index contributed by atoms with van der Waals surface area (Å²) in [5, 5.41) is 1.30. The van der Waals surface area contributed by atoms with Gasteiger partial charge in [0.25, 0.3) is 5.91 Å². The summed E-state index contributed by atoms with van der Waals surface area (Å²) < 4.78 is 10.8. The average molecular weight is 633 g/mol. The summed E-state index contributed by atoms with van der Waals surface area (Å²) in [6.45, 7) is 1.14. The van der Waals surface area contributed by atoms with E-state index >= 15 is 0 Å². The Morgan fingerprint density at radius 2 is 1.78 bits per heavy atom. The maximum Gasteiger partial charge on any atom is 0.410 e. The maximum atomic E-state index is 13.5. The van der Waals surface area contributed by atoms with Gasteiger partial charge in [0.05, 0.1) is 12.2 Å². The molecule has 7 nitrogen and oxygen atoms in total. The molecule has 234 valence electrons. The quantitative estimate of drug-likeness (QED) is 0.194. The van der Waals surface area contributed by atoms with Crippen LogP contribution in [-0.2, 0) is 38.4 Å². The van der Waals surface area contributed by atoms with E-state index in [1.54, 1.807) is 11.3 Å². The number of benzene rings is 3. The zero-order chi connectivity index (χ0) is 31.0. The number of carbonyl (C=O) groups is 2. The van der Waals surface area contributed by atoms with Crippen LogP contribution in [0.25, 0.3) is 33.2 Å². The second-order valence-electron chi connectivity index (χ2n) is 12.3. The highest BCUT2D eigenvalue weighted by Gasteiger charge is 2.30. The van der Waals surface area contributed by atoms with Crippen LogP contribution in [0.15, 0.2) is 72.8 Å². The van der Waals surface area contributed by atoms with Crippen LogP contribution < -0.4 is 5.06 Å². The molecule has 3 aromatic carbocycles. The van der Waals surface area contributed by atoms with Crippen molar-refractivity contribution in [2.75, 3.05) is 31.4 Å². The smallest absolute Gasteiger partial charge is 0.410 e. The molecule has 2 saturated heterocycles. The molecule has 0 spiro atoms. The molecule has 1 atom stereocenters. The van der Waals surface area contributed by atoms with Gasteiger partial charge >= 0.3 is 6.09 Å². The number of aryl methyl sites for hydroxylation is 1. The third-order valence-corrected chi connectivity index (χ3v) is 10.6. The molecule has 2 amide bonds. The average Bonchev–Trinajstić information content (AvgIpc) is 3.76. The van der Waals surface area contributed by atoms with Gasteiger partial charge in [0.15, 0.2) is 6.29 Å². The van der Waals surface area contributed by atoms with Gasteiger partial charge in [0, 0.05) is 22.8 Å². The summed E-state index contributed by atoms with van der Waals surface area (Å²) in [5.41, 5.74) is 11.6. The Hall–Kier alpha value is -4.24. The molecule has 2 fully saturated rings. The molecule has 0 saturated carbocycles. The molecule has 2 aliphatic carbocycles. The normalized spacial score (nSPS) is 18.7. The number of nitrogens with zero attached hydrogens (tertiary/aromatic N) is 2. The zero-order valence-corrected chi connectivity index (χ0v) is 26.5. The van der Waals surface area contributed by atoms with E-state index in [-0.39, 0.29) is 19.1 Å². The first-order chi connectivity index (χ1) is 22.6. The predicted octanol–water partition coefficient (Wildman–Crippen LogP) is 7.91. The van der Waals surface area contributed by atoms with Crippen molar-refractivity contribution in [1.82, 2.24) is 4.90 Å². The second-order valence-corrected chi connectivity index (χ2v) is 13.4. The van der Waals surface area contributed by atoms with Crippen molar-refractivity contribution in [3.05, 3.63) is 99.9 Å². The molecule has 46 heavy (non-hydrogen) atoms. The summed E-state index contributed by atoms with van der Waals surface area (Å²) in [5.74, 6) is -0.339. The van der Waals surface area contributed by atoms with E-state index in [0.717, 1.165) is 49.0 Å². The number of rotatable bonds is 7. The summed E-state index contributed by atoms with van der Waals surface area (Å²) >= 11 is 1.77. The van der Waals surface area contributed by atoms with E-state index in [1.807, 2.05) is 18.2 Å². The Kier molecular flexibility index (Phi) is 7.94. The number of fused-ring (bicyclic) bond motifs is 5. The molecule has 1 unspecified atom stereocenters. The lowest BCUT2D eigenvalue weighted by Gasteiger charge is -2.30. The van der Waals surface area contributed by atoms with Crippen LogP contribution in [0.3, 0.4) is 0 Å². The topological polar surface area (TPSA) is 68.3 Å². The molecule has 8 heteroatoms. The largest absolute Gasteiger partial charge is 0.448 e. The minimum Gasteiger partial charge on any atom is -0.448 e. The lowest BCUT2D eigenvalue weighted by atomic mass is 9.78. The van der Waals surface area contributed by atoms with Crippen LogP contribution in [0.1, 0.15) is 52.8 Å². The van der Waals surface area contributed by atoms with Crippen LogP contribution in [0.4, 0.5) is 10.5 Å². The van der Waals surface area contributed by atoms with Gasteiger partial charge in [-0.05, 0) is 107 Å². The number of thiophene rings is 1. The molecule has 8 rings (SSSR count). The highest BCUT2D eigenvalue weighted by molar-refractivity contribution is 7.16. The number of carbonyl (C=O) groups excluding carboxylic acids is 2. The zero-order valence-electron chi connectivity index (χ0n) is 25.7. The first-order valence-electron chi connectivity index (χ1n) is 16.3. The molecule has 0 N–H and O–H groups in total. The monoisotopic (exact) mass is 632 g/mol. The first kappa shape index (κ1) is 29.2. The van der Waals surface area contributed by atoms with Gasteiger partial charge in [0.2, 0.25) is 0 Å². The third-order valence-electron chi connectivity index (χ3n) is 9.44. The lowest BCUT2D eigenvalue weighted by molar-refractivity contribution is -0.177. The van der Waals surface area contributed by atoms with E-state index in [0.29, 0.717) is 25.3 Å².